The number of aryl methyl sites for hydroxylation is 1. The van der Waals surface area contributed by atoms with Gasteiger partial charge in [-0.1, -0.05) is 36.4 Å². The van der Waals surface area contributed by atoms with Gasteiger partial charge in [-0.05, 0) is 49.1 Å². The molecule has 6 nitrogen and oxygen atoms in total. The van der Waals surface area contributed by atoms with Crippen LogP contribution in [-0.2, 0) is 26.6 Å². The molecule has 0 radical (unpaired) electrons. The Bertz CT molecular complexity index is 940. The molecule has 0 saturated carbocycles. The van der Waals surface area contributed by atoms with Crippen LogP contribution in [0.1, 0.15) is 34.9 Å². The van der Waals surface area contributed by atoms with Crippen LogP contribution in [0.3, 0.4) is 0 Å². The SMILES string of the molecule is Cc1nnc(CN=C(NCc2cccs2)N2CCC(Cc3ccccc3)CC2)n1C. The van der Waals surface area contributed by atoms with Crippen molar-refractivity contribution in [3.8, 4) is 0 Å². The minimum atomic E-state index is 0.536. The lowest BCUT2D eigenvalue weighted by Crippen LogP contribution is -2.45. The van der Waals surface area contributed by atoms with E-state index in [1.807, 2.05) is 18.5 Å². The number of aliphatic imine (C=N–C) groups is 1. The van der Waals surface area contributed by atoms with Gasteiger partial charge in [0, 0.05) is 25.0 Å². The van der Waals surface area contributed by atoms with Crippen LogP contribution in [0.25, 0.3) is 0 Å². The molecule has 1 fully saturated rings. The minimum Gasteiger partial charge on any atom is -0.351 e. The first-order valence-corrected chi connectivity index (χ1v) is 11.5. The molecule has 3 aromatic rings. The van der Waals surface area contributed by atoms with Crippen molar-refractivity contribution in [3.63, 3.8) is 0 Å². The molecule has 0 bridgehead atoms. The largest absolute Gasteiger partial charge is 0.351 e. The Morgan fingerprint density at radius 1 is 1.13 bits per heavy atom. The summed E-state index contributed by atoms with van der Waals surface area (Å²) in [6, 6.07) is 15.1. The quantitative estimate of drug-likeness (QED) is 0.485. The minimum absolute atomic E-state index is 0.536. The highest BCUT2D eigenvalue weighted by Gasteiger charge is 2.22. The predicted octanol–water partition coefficient (Wildman–Crippen LogP) is 3.79. The van der Waals surface area contributed by atoms with E-state index in [0.29, 0.717) is 6.54 Å². The van der Waals surface area contributed by atoms with Crippen LogP contribution >= 0.6 is 11.3 Å². The molecular formula is C23H30N6S. The van der Waals surface area contributed by atoms with Gasteiger partial charge in [0.1, 0.15) is 12.4 Å². The fourth-order valence-electron chi connectivity index (χ4n) is 3.88. The number of benzene rings is 1. The number of thiophene rings is 1. The van der Waals surface area contributed by atoms with Crippen molar-refractivity contribution in [3.05, 3.63) is 69.9 Å². The smallest absolute Gasteiger partial charge is 0.194 e. The molecule has 1 aromatic carbocycles. The molecule has 1 aliphatic heterocycles. The van der Waals surface area contributed by atoms with Gasteiger partial charge in [-0.25, -0.2) is 4.99 Å². The van der Waals surface area contributed by atoms with Gasteiger partial charge in [0.15, 0.2) is 11.8 Å². The van der Waals surface area contributed by atoms with E-state index in [0.717, 1.165) is 43.2 Å². The zero-order valence-electron chi connectivity index (χ0n) is 17.8. The summed E-state index contributed by atoms with van der Waals surface area (Å²) in [6.07, 6.45) is 3.55. The van der Waals surface area contributed by atoms with Crippen molar-refractivity contribution in [1.82, 2.24) is 25.0 Å². The van der Waals surface area contributed by atoms with Gasteiger partial charge in [-0.2, -0.15) is 0 Å². The maximum absolute atomic E-state index is 4.91. The summed E-state index contributed by atoms with van der Waals surface area (Å²) in [5.74, 6) is 3.52. The standard InChI is InChI=1S/C23H30N6S/c1-18-26-27-22(28(18)2)17-25-23(24-16-21-9-6-14-30-21)29-12-10-20(11-13-29)15-19-7-4-3-5-8-19/h3-9,14,20H,10-13,15-17H2,1-2H3,(H,24,25). The van der Waals surface area contributed by atoms with Gasteiger partial charge >= 0.3 is 0 Å². The summed E-state index contributed by atoms with van der Waals surface area (Å²) in [4.78, 5) is 8.63. The topological polar surface area (TPSA) is 58.3 Å². The Kier molecular flexibility index (Phi) is 6.79. The number of nitrogens with one attached hydrogen (secondary N) is 1. The zero-order chi connectivity index (χ0) is 20.8. The normalized spacial score (nSPS) is 15.5. The molecule has 0 spiro atoms. The lowest BCUT2D eigenvalue weighted by molar-refractivity contribution is 0.258. The summed E-state index contributed by atoms with van der Waals surface area (Å²) in [5, 5.41) is 14.1. The third-order valence-corrected chi connectivity index (χ3v) is 6.71. The van der Waals surface area contributed by atoms with E-state index in [1.54, 1.807) is 11.3 Å². The number of piperidine rings is 1. The van der Waals surface area contributed by atoms with Gasteiger partial charge in [0.2, 0.25) is 0 Å². The number of rotatable bonds is 6. The van der Waals surface area contributed by atoms with Gasteiger partial charge in [0.05, 0.1) is 6.54 Å². The van der Waals surface area contributed by atoms with Crippen molar-refractivity contribution >= 4 is 17.3 Å². The van der Waals surface area contributed by atoms with Gasteiger partial charge in [-0.15, -0.1) is 21.5 Å². The van der Waals surface area contributed by atoms with Crippen molar-refractivity contribution in [1.29, 1.82) is 0 Å². The number of aromatic nitrogens is 3. The molecule has 0 atom stereocenters. The first-order valence-electron chi connectivity index (χ1n) is 10.6. The van der Waals surface area contributed by atoms with Crippen molar-refractivity contribution in [2.24, 2.45) is 18.0 Å². The highest BCUT2D eigenvalue weighted by Crippen LogP contribution is 2.22. The van der Waals surface area contributed by atoms with E-state index >= 15 is 0 Å². The van der Waals surface area contributed by atoms with Crippen LogP contribution in [0.2, 0.25) is 0 Å². The molecular weight excluding hydrogens is 392 g/mol. The lowest BCUT2D eigenvalue weighted by atomic mass is 9.90. The van der Waals surface area contributed by atoms with Crippen LogP contribution in [0.5, 0.6) is 0 Å². The second-order valence-electron chi connectivity index (χ2n) is 7.92. The molecule has 0 unspecified atom stereocenters. The lowest BCUT2D eigenvalue weighted by Gasteiger charge is -2.34. The molecule has 2 aromatic heterocycles. The van der Waals surface area contributed by atoms with Crippen LogP contribution in [-0.4, -0.2) is 38.7 Å². The van der Waals surface area contributed by atoms with Gasteiger partial charge in [-0.3, -0.25) is 0 Å². The van der Waals surface area contributed by atoms with Gasteiger partial charge < -0.3 is 14.8 Å². The van der Waals surface area contributed by atoms with Crippen molar-refractivity contribution < 1.29 is 0 Å². The molecule has 0 aliphatic carbocycles. The number of hydrogen-bond acceptors (Lipinski definition) is 4. The summed E-state index contributed by atoms with van der Waals surface area (Å²) in [6.45, 7) is 5.37. The second-order valence-corrected chi connectivity index (χ2v) is 8.95. The van der Waals surface area contributed by atoms with E-state index in [2.05, 4.69) is 68.3 Å². The first kappa shape index (κ1) is 20.6. The fourth-order valence-corrected chi connectivity index (χ4v) is 4.52. The van der Waals surface area contributed by atoms with E-state index in [4.69, 9.17) is 4.99 Å². The average Bonchev–Trinajstić information content (AvgIpc) is 3.40. The molecule has 30 heavy (non-hydrogen) atoms. The Hall–Kier alpha value is -2.67. The molecule has 0 amide bonds. The van der Waals surface area contributed by atoms with Crippen LogP contribution in [0.15, 0.2) is 52.8 Å². The predicted molar refractivity (Wildman–Crippen MR) is 122 cm³/mol. The Morgan fingerprint density at radius 3 is 2.60 bits per heavy atom. The summed E-state index contributed by atoms with van der Waals surface area (Å²) < 4.78 is 2.01. The molecule has 3 heterocycles. The van der Waals surface area contributed by atoms with Crippen molar-refractivity contribution in [2.75, 3.05) is 13.1 Å². The monoisotopic (exact) mass is 422 g/mol. The number of hydrogen-bond donors (Lipinski definition) is 1. The van der Waals surface area contributed by atoms with E-state index in [9.17, 15) is 0 Å². The Balaban J connectivity index is 1.40. The zero-order valence-corrected chi connectivity index (χ0v) is 18.6. The third-order valence-electron chi connectivity index (χ3n) is 5.84. The average molecular weight is 423 g/mol. The van der Waals surface area contributed by atoms with E-state index in [-0.39, 0.29) is 0 Å². The van der Waals surface area contributed by atoms with Crippen LogP contribution < -0.4 is 5.32 Å². The molecule has 1 N–H and O–H groups in total. The second kappa shape index (κ2) is 9.89. The Labute approximate surface area is 182 Å². The maximum Gasteiger partial charge on any atom is 0.194 e. The van der Waals surface area contributed by atoms with E-state index in [1.165, 1.54) is 29.7 Å². The highest BCUT2D eigenvalue weighted by atomic mass is 32.1. The number of nitrogens with zero attached hydrogens (tertiary/aromatic N) is 5. The van der Waals surface area contributed by atoms with Crippen LogP contribution in [0.4, 0.5) is 0 Å². The third kappa shape index (κ3) is 5.27. The van der Waals surface area contributed by atoms with E-state index < -0.39 is 0 Å². The van der Waals surface area contributed by atoms with Gasteiger partial charge in [0.25, 0.3) is 0 Å². The summed E-state index contributed by atoms with van der Waals surface area (Å²) in [7, 11) is 1.99. The van der Waals surface area contributed by atoms with Crippen molar-refractivity contribution in [2.45, 2.75) is 39.3 Å². The molecule has 4 rings (SSSR count). The Morgan fingerprint density at radius 2 is 1.93 bits per heavy atom. The highest BCUT2D eigenvalue weighted by molar-refractivity contribution is 7.09. The molecule has 1 saturated heterocycles. The summed E-state index contributed by atoms with van der Waals surface area (Å²) >= 11 is 1.77. The number of guanidine groups is 1. The molecule has 1 aliphatic rings. The van der Waals surface area contributed by atoms with Crippen LogP contribution in [0, 0.1) is 12.8 Å². The summed E-state index contributed by atoms with van der Waals surface area (Å²) in [5.41, 5.74) is 1.44. The fraction of sp³-hybridized carbons (Fsp3) is 0.435. The number of likely N-dealkylation sites (tertiary alicyclic amines) is 1. The molecule has 7 heteroatoms. The first-order chi connectivity index (χ1) is 14.7. The maximum atomic E-state index is 4.91. The molecule has 158 valence electrons.